The molecule has 1 aromatic carbocycles. The van der Waals surface area contributed by atoms with Crippen LogP contribution in [0.4, 0.5) is 4.79 Å². The number of hydrogen-bond acceptors (Lipinski definition) is 3. The van der Waals surface area contributed by atoms with E-state index in [1.165, 1.54) is 6.92 Å². The summed E-state index contributed by atoms with van der Waals surface area (Å²) in [5, 5.41) is 2.75. The summed E-state index contributed by atoms with van der Waals surface area (Å²) in [7, 11) is 0. The van der Waals surface area contributed by atoms with Crippen molar-refractivity contribution >= 4 is 12.4 Å². The number of alkyl carbamates (subject to hydrolysis) is 1. The molecule has 1 fully saturated rings. The quantitative estimate of drug-likeness (QED) is 0.772. The fourth-order valence-corrected chi connectivity index (χ4v) is 1.09. The van der Waals surface area contributed by atoms with E-state index >= 15 is 0 Å². The number of carbonyl (C=O) groups excluding carboxylic acids is 2. The van der Waals surface area contributed by atoms with Crippen LogP contribution in [0.15, 0.2) is 36.4 Å². The van der Waals surface area contributed by atoms with E-state index in [1.807, 2.05) is 71.0 Å². The van der Waals surface area contributed by atoms with Crippen molar-refractivity contribution in [2.45, 2.75) is 66.0 Å². The molecule has 126 valence electrons. The summed E-state index contributed by atoms with van der Waals surface area (Å²) in [6.45, 7) is 11.0. The van der Waals surface area contributed by atoms with E-state index in [4.69, 9.17) is 9.53 Å². The second kappa shape index (κ2) is 14.1. The third kappa shape index (κ3) is 20.5. The van der Waals surface area contributed by atoms with Crippen LogP contribution >= 0.6 is 0 Å². The Kier molecular flexibility index (Phi) is 14.4. The first-order valence-corrected chi connectivity index (χ1v) is 7.78. The Morgan fingerprint density at radius 3 is 1.59 bits per heavy atom. The SMILES string of the molecule is CC.CC(C)(C)OC(=O)NC1CC1.CC=O.c1ccccc1. The summed E-state index contributed by atoms with van der Waals surface area (Å²) in [5.74, 6) is 0. The molecule has 0 spiro atoms. The number of ether oxygens (including phenoxy) is 1. The van der Waals surface area contributed by atoms with Crippen LogP contribution in [0, 0.1) is 0 Å². The van der Waals surface area contributed by atoms with Gasteiger partial charge in [0.05, 0.1) is 0 Å². The van der Waals surface area contributed by atoms with Crippen LogP contribution in [0.1, 0.15) is 54.4 Å². The van der Waals surface area contributed by atoms with Crippen LogP contribution in [0.5, 0.6) is 0 Å². The minimum Gasteiger partial charge on any atom is -0.444 e. The number of benzene rings is 1. The number of nitrogens with one attached hydrogen (secondary N) is 1. The van der Waals surface area contributed by atoms with E-state index < -0.39 is 0 Å². The lowest BCUT2D eigenvalue weighted by atomic mass is 10.2. The lowest BCUT2D eigenvalue weighted by Crippen LogP contribution is -2.33. The van der Waals surface area contributed by atoms with Crippen molar-refractivity contribution in [3.63, 3.8) is 0 Å². The maximum atomic E-state index is 11.0. The molecule has 0 saturated heterocycles. The standard InChI is InChI=1S/C8H15NO2.C6H6.C2H4O.C2H6/c1-8(2,3)11-7(10)9-6-4-5-6;1-2-4-6-5-3-1;1-2-3;1-2/h6H,4-5H2,1-3H3,(H,9,10);1-6H;2H,1H3;1-2H3. The Balaban J connectivity index is 0. The molecular formula is C18H31NO3. The third-order valence-corrected chi connectivity index (χ3v) is 1.96. The molecule has 1 aliphatic carbocycles. The van der Waals surface area contributed by atoms with Crippen molar-refractivity contribution < 1.29 is 14.3 Å². The van der Waals surface area contributed by atoms with Gasteiger partial charge in [0, 0.05) is 6.04 Å². The van der Waals surface area contributed by atoms with Gasteiger partial charge >= 0.3 is 6.09 Å². The Hall–Kier alpha value is -1.84. The van der Waals surface area contributed by atoms with Gasteiger partial charge in [0.15, 0.2) is 0 Å². The molecule has 0 aromatic heterocycles. The second-order valence-corrected chi connectivity index (χ2v) is 5.31. The zero-order valence-electron chi connectivity index (χ0n) is 14.8. The van der Waals surface area contributed by atoms with Crippen molar-refractivity contribution in [2.24, 2.45) is 0 Å². The van der Waals surface area contributed by atoms with Crippen molar-refractivity contribution in [2.75, 3.05) is 0 Å². The molecule has 1 aromatic rings. The molecule has 2 rings (SSSR count). The van der Waals surface area contributed by atoms with Gasteiger partial charge in [-0.05, 0) is 40.5 Å². The van der Waals surface area contributed by atoms with Crippen molar-refractivity contribution in [3.8, 4) is 0 Å². The van der Waals surface area contributed by atoms with E-state index in [2.05, 4.69) is 5.32 Å². The average Bonchev–Trinajstić information content (AvgIpc) is 3.26. The molecule has 0 atom stereocenters. The number of rotatable bonds is 1. The van der Waals surface area contributed by atoms with Crippen LogP contribution in [-0.2, 0) is 9.53 Å². The van der Waals surface area contributed by atoms with Gasteiger partial charge in [0.25, 0.3) is 0 Å². The number of aldehydes is 1. The molecule has 1 amide bonds. The normalized spacial score (nSPS) is 11.9. The minimum atomic E-state index is -0.376. The van der Waals surface area contributed by atoms with Gasteiger partial charge in [-0.25, -0.2) is 4.79 Å². The fourth-order valence-electron chi connectivity index (χ4n) is 1.09. The zero-order chi connectivity index (χ0) is 17.4. The Bertz CT molecular complexity index is 341. The zero-order valence-corrected chi connectivity index (χ0v) is 14.8. The summed E-state index contributed by atoms with van der Waals surface area (Å²) in [6.07, 6.45) is 2.65. The smallest absolute Gasteiger partial charge is 0.407 e. The number of amides is 1. The van der Waals surface area contributed by atoms with Gasteiger partial charge in [-0.15, -0.1) is 0 Å². The van der Waals surface area contributed by atoms with E-state index in [9.17, 15) is 4.79 Å². The topological polar surface area (TPSA) is 55.4 Å². The van der Waals surface area contributed by atoms with Crippen LogP contribution < -0.4 is 5.32 Å². The van der Waals surface area contributed by atoms with Gasteiger partial charge in [0.1, 0.15) is 11.9 Å². The van der Waals surface area contributed by atoms with Crippen LogP contribution in [0.25, 0.3) is 0 Å². The molecule has 0 unspecified atom stereocenters. The summed E-state index contributed by atoms with van der Waals surface area (Å²) >= 11 is 0. The van der Waals surface area contributed by atoms with Gasteiger partial charge in [-0.3, -0.25) is 0 Å². The molecular weight excluding hydrogens is 278 g/mol. The maximum Gasteiger partial charge on any atom is 0.407 e. The molecule has 1 aliphatic rings. The predicted molar refractivity (Wildman–Crippen MR) is 91.9 cm³/mol. The lowest BCUT2D eigenvalue weighted by molar-refractivity contribution is -0.106. The summed E-state index contributed by atoms with van der Waals surface area (Å²) in [6, 6.07) is 12.4. The highest BCUT2D eigenvalue weighted by atomic mass is 16.6. The molecule has 0 radical (unpaired) electrons. The largest absolute Gasteiger partial charge is 0.444 e. The number of hydrogen-bond donors (Lipinski definition) is 1. The Morgan fingerprint density at radius 2 is 1.36 bits per heavy atom. The summed E-state index contributed by atoms with van der Waals surface area (Å²) < 4.78 is 5.04. The highest BCUT2D eigenvalue weighted by Gasteiger charge is 2.25. The summed E-state index contributed by atoms with van der Waals surface area (Å²) in [5.41, 5.74) is -0.376. The predicted octanol–water partition coefficient (Wildman–Crippen LogP) is 4.59. The average molecular weight is 309 g/mol. The lowest BCUT2D eigenvalue weighted by Gasteiger charge is -2.19. The van der Waals surface area contributed by atoms with E-state index in [1.54, 1.807) is 0 Å². The molecule has 1 saturated carbocycles. The Labute approximate surface area is 135 Å². The molecule has 4 nitrogen and oxygen atoms in total. The molecule has 0 heterocycles. The maximum absolute atomic E-state index is 11.0. The highest BCUT2D eigenvalue weighted by Crippen LogP contribution is 2.19. The molecule has 22 heavy (non-hydrogen) atoms. The fraction of sp³-hybridized carbons (Fsp3) is 0.556. The van der Waals surface area contributed by atoms with E-state index in [-0.39, 0.29) is 11.7 Å². The van der Waals surface area contributed by atoms with Gasteiger partial charge in [0.2, 0.25) is 0 Å². The third-order valence-electron chi connectivity index (χ3n) is 1.96. The van der Waals surface area contributed by atoms with Crippen molar-refractivity contribution in [1.82, 2.24) is 5.32 Å². The van der Waals surface area contributed by atoms with Crippen molar-refractivity contribution in [3.05, 3.63) is 36.4 Å². The molecule has 1 N–H and O–H groups in total. The molecule has 4 heteroatoms. The van der Waals surface area contributed by atoms with E-state index in [0.29, 0.717) is 6.04 Å². The van der Waals surface area contributed by atoms with Crippen LogP contribution in [-0.4, -0.2) is 24.0 Å². The van der Waals surface area contributed by atoms with Gasteiger partial charge in [-0.1, -0.05) is 50.2 Å². The first kappa shape index (κ1) is 22.4. The van der Waals surface area contributed by atoms with Gasteiger partial charge in [-0.2, -0.15) is 0 Å². The molecule has 0 bridgehead atoms. The molecule has 0 aliphatic heterocycles. The van der Waals surface area contributed by atoms with Crippen LogP contribution in [0.2, 0.25) is 0 Å². The first-order valence-electron chi connectivity index (χ1n) is 7.78. The number of carbonyl (C=O) groups is 2. The monoisotopic (exact) mass is 309 g/mol. The second-order valence-electron chi connectivity index (χ2n) is 5.31. The highest BCUT2D eigenvalue weighted by molar-refractivity contribution is 5.68. The summed E-state index contributed by atoms with van der Waals surface area (Å²) in [4.78, 5) is 19.8. The Morgan fingerprint density at radius 1 is 1.05 bits per heavy atom. The van der Waals surface area contributed by atoms with Gasteiger partial charge < -0.3 is 14.8 Å². The van der Waals surface area contributed by atoms with E-state index in [0.717, 1.165) is 19.1 Å². The minimum absolute atomic E-state index is 0.292. The first-order chi connectivity index (χ1) is 10.4. The van der Waals surface area contributed by atoms with Crippen LogP contribution in [0.3, 0.4) is 0 Å². The van der Waals surface area contributed by atoms with Crippen molar-refractivity contribution in [1.29, 1.82) is 0 Å².